The molecule has 0 saturated carbocycles. The Morgan fingerprint density at radius 1 is 0.296 bits per heavy atom. The molecule has 6 nitrogen and oxygen atoms in total. The molecule has 0 amide bonds. The molecule has 0 radical (unpaired) electrons. The van der Waals surface area contributed by atoms with E-state index in [0.717, 1.165) is 103 Å². The van der Waals surface area contributed by atoms with Crippen molar-refractivity contribution in [3.63, 3.8) is 0 Å². The third kappa shape index (κ3) is 57.1. The number of rotatable bonds is 53. The highest BCUT2D eigenvalue weighted by Gasteiger charge is 2.19. The first kappa shape index (κ1) is 67.3. The van der Waals surface area contributed by atoms with Crippen LogP contribution in [-0.4, -0.2) is 37.2 Å². The van der Waals surface area contributed by atoms with E-state index in [1.807, 2.05) is 0 Å². The van der Waals surface area contributed by atoms with E-state index in [9.17, 15) is 14.4 Å². The number of hydrogen-bond acceptors (Lipinski definition) is 6. The standard InChI is InChI=1S/C65H110O6/c1-4-7-10-13-16-19-22-25-27-29-31-32-34-35-37-40-43-46-49-52-55-58-64(67)70-61-62(60-69-63(66)57-54-51-48-45-42-39-24-21-18-15-12-9-6-3)71-65(68)59-56-53-50-47-44-41-38-36-33-30-28-26-23-20-17-14-11-8-5-2/h7,10,16,19,21,24-28,31-32,35,37,43,46,62H,4-6,8-9,11-15,17-18,20,22-23,29-30,33-34,36,38-42,44-45,47-61H2,1-3H3/b10-7-,19-16-,24-21-,27-25-,28-26-,32-31-,37-35-,46-43-. The van der Waals surface area contributed by atoms with E-state index in [4.69, 9.17) is 14.2 Å². The Morgan fingerprint density at radius 3 is 0.915 bits per heavy atom. The van der Waals surface area contributed by atoms with Gasteiger partial charge in [0.2, 0.25) is 0 Å². The number of allylic oxidation sites excluding steroid dienone is 16. The van der Waals surface area contributed by atoms with Crippen LogP contribution in [0.5, 0.6) is 0 Å². The van der Waals surface area contributed by atoms with Crippen LogP contribution in [0.4, 0.5) is 0 Å². The van der Waals surface area contributed by atoms with Gasteiger partial charge < -0.3 is 14.2 Å². The first-order valence-electron chi connectivity index (χ1n) is 29.7. The predicted octanol–water partition coefficient (Wildman–Crippen LogP) is 20.1. The van der Waals surface area contributed by atoms with E-state index in [0.29, 0.717) is 19.3 Å². The van der Waals surface area contributed by atoms with Crippen LogP contribution in [0.25, 0.3) is 0 Å². The van der Waals surface area contributed by atoms with E-state index in [1.54, 1.807) is 0 Å². The van der Waals surface area contributed by atoms with E-state index < -0.39 is 6.10 Å². The highest BCUT2D eigenvalue weighted by Crippen LogP contribution is 2.15. The summed E-state index contributed by atoms with van der Waals surface area (Å²) in [6.07, 6.45) is 78.3. The summed E-state index contributed by atoms with van der Waals surface area (Å²) in [5.74, 6) is -0.947. The number of carbonyl (C=O) groups is 3. The lowest BCUT2D eigenvalue weighted by Gasteiger charge is -2.18. The fourth-order valence-corrected chi connectivity index (χ4v) is 8.08. The SMILES string of the molecule is CC/C=C\C/C=C\C/C=C\C/C=C\C/C=C\C/C=C\CCCCC(=O)OCC(COC(=O)CCCCCCC/C=C\CCCCCC)OC(=O)CCCCCCCCCCC/C=C\CCCCCCCC. The van der Waals surface area contributed by atoms with Gasteiger partial charge in [-0.05, 0) is 122 Å². The molecule has 0 spiro atoms. The molecular formula is C65H110O6. The Morgan fingerprint density at radius 2 is 0.549 bits per heavy atom. The summed E-state index contributed by atoms with van der Waals surface area (Å²) in [6, 6.07) is 0. The number of ether oxygens (including phenoxy) is 3. The van der Waals surface area contributed by atoms with Crippen molar-refractivity contribution < 1.29 is 28.6 Å². The molecule has 6 heteroatoms. The predicted molar refractivity (Wildman–Crippen MR) is 307 cm³/mol. The van der Waals surface area contributed by atoms with Gasteiger partial charge in [-0.3, -0.25) is 14.4 Å². The maximum absolute atomic E-state index is 12.9. The molecule has 0 fully saturated rings. The van der Waals surface area contributed by atoms with E-state index in [1.165, 1.54) is 135 Å². The maximum atomic E-state index is 12.9. The fourth-order valence-electron chi connectivity index (χ4n) is 8.08. The van der Waals surface area contributed by atoms with Crippen LogP contribution in [0.2, 0.25) is 0 Å². The van der Waals surface area contributed by atoms with Crippen LogP contribution < -0.4 is 0 Å². The Kier molecular flexibility index (Phi) is 55.9. The molecule has 1 unspecified atom stereocenters. The van der Waals surface area contributed by atoms with Crippen molar-refractivity contribution in [1.82, 2.24) is 0 Å². The second kappa shape index (κ2) is 58.9. The van der Waals surface area contributed by atoms with E-state index in [-0.39, 0.29) is 31.1 Å². The Hall–Kier alpha value is -3.67. The molecule has 0 aromatic heterocycles. The van der Waals surface area contributed by atoms with Gasteiger partial charge in [0.15, 0.2) is 6.10 Å². The molecule has 0 aliphatic rings. The van der Waals surface area contributed by atoms with Crippen LogP contribution in [0.15, 0.2) is 97.2 Å². The molecule has 406 valence electrons. The molecule has 0 heterocycles. The minimum absolute atomic E-state index is 0.0964. The number of hydrogen-bond donors (Lipinski definition) is 0. The van der Waals surface area contributed by atoms with Gasteiger partial charge in [-0.25, -0.2) is 0 Å². The fraction of sp³-hybridized carbons (Fsp3) is 0.708. The highest BCUT2D eigenvalue weighted by atomic mass is 16.6. The molecule has 0 aromatic rings. The number of esters is 3. The normalized spacial score (nSPS) is 12.8. The van der Waals surface area contributed by atoms with Gasteiger partial charge in [0.1, 0.15) is 13.2 Å². The highest BCUT2D eigenvalue weighted by molar-refractivity contribution is 5.71. The lowest BCUT2D eigenvalue weighted by atomic mass is 10.1. The van der Waals surface area contributed by atoms with Gasteiger partial charge in [-0.2, -0.15) is 0 Å². The van der Waals surface area contributed by atoms with Crippen molar-refractivity contribution in [2.24, 2.45) is 0 Å². The third-order valence-electron chi connectivity index (χ3n) is 12.5. The van der Waals surface area contributed by atoms with E-state index >= 15 is 0 Å². The zero-order valence-electron chi connectivity index (χ0n) is 46.5. The second-order valence-electron chi connectivity index (χ2n) is 19.5. The van der Waals surface area contributed by atoms with Gasteiger partial charge >= 0.3 is 17.9 Å². The van der Waals surface area contributed by atoms with Crippen molar-refractivity contribution in [3.05, 3.63) is 97.2 Å². The van der Waals surface area contributed by atoms with Gasteiger partial charge in [0, 0.05) is 19.3 Å². The van der Waals surface area contributed by atoms with Crippen LogP contribution in [-0.2, 0) is 28.6 Å². The van der Waals surface area contributed by atoms with Gasteiger partial charge in [-0.15, -0.1) is 0 Å². The molecule has 0 rings (SSSR count). The topological polar surface area (TPSA) is 78.9 Å². The summed E-state index contributed by atoms with van der Waals surface area (Å²) in [6.45, 7) is 6.47. The van der Waals surface area contributed by atoms with E-state index in [2.05, 4.69) is 118 Å². The summed E-state index contributed by atoms with van der Waals surface area (Å²) >= 11 is 0. The molecule has 1 atom stereocenters. The Bertz CT molecular complexity index is 1410. The van der Waals surface area contributed by atoms with Gasteiger partial charge in [-0.1, -0.05) is 234 Å². The largest absolute Gasteiger partial charge is 0.462 e. The smallest absolute Gasteiger partial charge is 0.306 e. The summed E-state index contributed by atoms with van der Waals surface area (Å²) < 4.78 is 16.8. The summed E-state index contributed by atoms with van der Waals surface area (Å²) in [7, 11) is 0. The molecular weight excluding hydrogens is 877 g/mol. The molecule has 0 saturated heterocycles. The van der Waals surface area contributed by atoms with Gasteiger partial charge in [0.05, 0.1) is 0 Å². The molecule has 0 aliphatic heterocycles. The summed E-state index contributed by atoms with van der Waals surface area (Å²) in [5.41, 5.74) is 0. The Balaban J connectivity index is 4.45. The average molecular weight is 988 g/mol. The number of carbonyl (C=O) groups excluding carboxylic acids is 3. The maximum Gasteiger partial charge on any atom is 0.306 e. The first-order chi connectivity index (χ1) is 35.0. The molecule has 0 bridgehead atoms. The summed E-state index contributed by atoms with van der Waals surface area (Å²) in [5, 5.41) is 0. The lowest BCUT2D eigenvalue weighted by Crippen LogP contribution is -2.30. The van der Waals surface area contributed by atoms with Crippen molar-refractivity contribution in [1.29, 1.82) is 0 Å². The minimum atomic E-state index is -0.801. The van der Waals surface area contributed by atoms with Crippen molar-refractivity contribution in [2.45, 2.75) is 284 Å². The molecule has 0 N–H and O–H groups in total. The quantitative estimate of drug-likeness (QED) is 0.0261. The molecule has 71 heavy (non-hydrogen) atoms. The average Bonchev–Trinajstić information content (AvgIpc) is 3.37. The van der Waals surface area contributed by atoms with Crippen LogP contribution in [0.1, 0.15) is 278 Å². The monoisotopic (exact) mass is 987 g/mol. The molecule has 0 aliphatic carbocycles. The van der Waals surface area contributed by atoms with Crippen molar-refractivity contribution in [3.8, 4) is 0 Å². The minimum Gasteiger partial charge on any atom is -0.462 e. The summed E-state index contributed by atoms with van der Waals surface area (Å²) in [4.78, 5) is 38.2. The molecule has 0 aromatic carbocycles. The van der Waals surface area contributed by atoms with Crippen LogP contribution in [0.3, 0.4) is 0 Å². The van der Waals surface area contributed by atoms with Crippen LogP contribution in [0, 0.1) is 0 Å². The van der Waals surface area contributed by atoms with Crippen LogP contribution >= 0.6 is 0 Å². The van der Waals surface area contributed by atoms with Crippen molar-refractivity contribution in [2.75, 3.05) is 13.2 Å². The zero-order chi connectivity index (χ0) is 51.4. The second-order valence-corrected chi connectivity index (χ2v) is 19.5. The van der Waals surface area contributed by atoms with Crippen molar-refractivity contribution >= 4 is 17.9 Å². The first-order valence-corrected chi connectivity index (χ1v) is 29.7. The lowest BCUT2D eigenvalue weighted by molar-refractivity contribution is -0.167. The number of unbranched alkanes of at least 4 members (excludes halogenated alkanes) is 26. The Labute approximate surface area is 438 Å². The zero-order valence-corrected chi connectivity index (χ0v) is 46.5. The van der Waals surface area contributed by atoms with Gasteiger partial charge in [0.25, 0.3) is 0 Å². The third-order valence-corrected chi connectivity index (χ3v) is 12.5.